The van der Waals surface area contributed by atoms with Crippen LogP contribution in [0.15, 0.2) is 42.5 Å². The second-order valence-electron chi connectivity index (χ2n) is 6.45. The average Bonchev–Trinajstić information content (AvgIpc) is 2.63. The lowest BCUT2D eigenvalue weighted by Crippen LogP contribution is -2.54. The van der Waals surface area contributed by atoms with E-state index in [-0.39, 0.29) is 12.4 Å². The molecule has 0 unspecified atom stereocenters. The number of ether oxygens (including phenoxy) is 2. The molecule has 1 saturated heterocycles. The molecule has 26 heavy (non-hydrogen) atoms. The van der Waals surface area contributed by atoms with Gasteiger partial charge in [0.1, 0.15) is 29.9 Å². The normalized spacial score (nSPS) is 25.9. The number of aryl methyl sites for hydroxylation is 1. The summed E-state index contributed by atoms with van der Waals surface area (Å²) in [6.45, 7) is 1.94. The summed E-state index contributed by atoms with van der Waals surface area (Å²) in [6.07, 6.45) is -3.18. The molecule has 1 fully saturated rings. The van der Waals surface area contributed by atoms with Crippen LogP contribution in [0.25, 0.3) is 11.1 Å². The van der Waals surface area contributed by atoms with Crippen molar-refractivity contribution in [2.45, 2.75) is 44.4 Å². The number of rotatable bonds is 5. The van der Waals surface area contributed by atoms with Gasteiger partial charge < -0.3 is 24.8 Å². The molecule has 1 heterocycles. The van der Waals surface area contributed by atoms with Gasteiger partial charge in [0.05, 0.1) is 6.61 Å². The number of aliphatic hydroxyl groups is 3. The molecule has 0 radical (unpaired) electrons. The van der Waals surface area contributed by atoms with Crippen molar-refractivity contribution < 1.29 is 29.2 Å². The molecule has 2 aromatic rings. The molecule has 0 spiro atoms. The Morgan fingerprint density at radius 2 is 1.92 bits per heavy atom. The number of aliphatic hydroxyl groups excluding tert-OH is 3. The van der Waals surface area contributed by atoms with Crippen LogP contribution in [0.3, 0.4) is 0 Å². The highest BCUT2D eigenvalue weighted by Gasteiger charge is 2.39. The first kappa shape index (κ1) is 18.8. The quantitative estimate of drug-likeness (QED) is 0.760. The lowest BCUT2D eigenvalue weighted by Gasteiger charge is -2.35. The molecular formula is C20H23FO5. The number of hydrogen-bond acceptors (Lipinski definition) is 5. The molecule has 1 aliphatic heterocycles. The van der Waals surface area contributed by atoms with E-state index in [4.69, 9.17) is 9.47 Å². The third-order valence-corrected chi connectivity index (χ3v) is 4.44. The fraction of sp³-hybridized carbons (Fsp3) is 0.400. The molecule has 2 aromatic carbocycles. The lowest BCUT2D eigenvalue weighted by atomic mass is 9.96. The summed E-state index contributed by atoms with van der Waals surface area (Å²) in [7, 11) is 0. The largest absolute Gasteiger partial charge is 0.462 e. The van der Waals surface area contributed by atoms with Gasteiger partial charge >= 0.3 is 0 Å². The van der Waals surface area contributed by atoms with Crippen molar-refractivity contribution in [3.8, 4) is 16.9 Å². The van der Waals surface area contributed by atoms with Gasteiger partial charge in [-0.3, -0.25) is 0 Å². The van der Waals surface area contributed by atoms with Gasteiger partial charge in [0.25, 0.3) is 0 Å². The summed E-state index contributed by atoms with van der Waals surface area (Å²) in [6, 6.07) is 11.8. The summed E-state index contributed by atoms with van der Waals surface area (Å²) in [5.74, 6) is 0.108. The highest BCUT2D eigenvalue weighted by Crippen LogP contribution is 2.31. The highest BCUT2D eigenvalue weighted by molar-refractivity contribution is 5.69. The van der Waals surface area contributed by atoms with Crippen LogP contribution in [-0.2, 0) is 11.2 Å². The molecule has 0 bridgehead atoms. The van der Waals surface area contributed by atoms with Crippen molar-refractivity contribution in [3.05, 3.63) is 53.8 Å². The van der Waals surface area contributed by atoms with Crippen LogP contribution in [0.5, 0.6) is 5.75 Å². The zero-order chi connectivity index (χ0) is 18.7. The number of hydrogen-bond donors (Lipinski definition) is 3. The van der Waals surface area contributed by atoms with Gasteiger partial charge in [-0.2, -0.15) is 0 Å². The fourth-order valence-electron chi connectivity index (χ4n) is 3.06. The first-order chi connectivity index (χ1) is 12.5. The molecule has 0 saturated carbocycles. The van der Waals surface area contributed by atoms with Gasteiger partial charge in [-0.05, 0) is 47.4 Å². The van der Waals surface area contributed by atoms with Crippen molar-refractivity contribution >= 4 is 0 Å². The Kier molecular flexibility index (Phi) is 5.88. The van der Waals surface area contributed by atoms with E-state index in [0.29, 0.717) is 5.75 Å². The second kappa shape index (κ2) is 8.14. The first-order valence-corrected chi connectivity index (χ1v) is 8.71. The molecule has 0 amide bonds. The Balaban J connectivity index is 1.88. The van der Waals surface area contributed by atoms with E-state index >= 15 is 0 Å². The van der Waals surface area contributed by atoms with Crippen LogP contribution in [0.4, 0.5) is 4.39 Å². The summed E-state index contributed by atoms with van der Waals surface area (Å²) in [5, 5.41) is 29.3. The topological polar surface area (TPSA) is 79.2 Å². The van der Waals surface area contributed by atoms with Crippen LogP contribution in [-0.4, -0.2) is 46.5 Å². The second-order valence-corrected chi connectivity index (χ2v) is 6.45. The van der Waals surface area contributed by atoms with Gasteiger partial charge in [-0.25, -0.2) is 4.39 Å². The van der Waals surface area contributed by atoms with Gasteiger partial charge in [-0.1, -0.05) is 31.5 Å². The zero-order valence-electron chi connectivity index (χ0n) is 14.5. The van der Waals surface area contributed by atoms with Crippen molar-refractivity contribution in [2.24, 2.45) is 0 Å². The summed E-state index contributed by atoms with van der Waals surface area (Å²) in [4.78, 5) is 0. The van der Waals surface area contributed by atoms with Crippen molar-refractivity contribution in [3.63, 3.8) is 0 Å². The maximum Gasteiger partial charge on any atom is 0.228 e. The van der Waals surface area contributed by atoms with Gasteiger partial charge in [0.15, 0.2) is 0 Å². The fourth-order valence-corrected chi connectivity index (χ4v) is 3.06. The third-order valence-electron chi connectivity index (χ3n) is 4.44. The van der Waals surface area contributed by atoms with E-state index in [1.807, 2.05) is 12.1 Å². The molecule has 3 N–H and O–H groups in total. The maximum absolute atomic E-state index is 13.6. The van der Waals surface area contributed by atoms with Crippen LogP contribution in [0.1, 0.15) is 18.9 Å². The lowest BCUT2D eigenvalue weighted by molar-refractivity contribution is -0.242. The predicted octanol–water partition coefficient (Wildman–Crippen LogP) is 2.26. The Labute approximate surface area is 151 Å². The van der Waals surface area contributed by atoms with E-state index in [0.717, 1.165) is 29.5 Å². The summed E-state index contributed by atoms with van der Waals surface area (Å²) >= 11 is 0. The van der Waals surface area contributed by atoms with Crippen LogP contribution in [0.2, 0.25) is 0 Å². The number of benzene rings is 2. The monoisotopic (exact) mass is 362 g/mol. The Morgan fingerprint density at radius 3 is 2.65 bits per heavy atom. The Bertz CT molecular complexity index is 751. The van der Waals surface area contributed by atoms with E-state index in [1.54, 1.807) is 18.2 Å². The van der Waals surface area contributed by atoms with E-state index in [2.05, 4.69) is 6.92 Å². The maximum atomic E-state index is 13.6. The first-order valence-electron chi connectivity index (χ1n) is 8.71. The third kappa shape index (κ3) is 4.04. The van der Waals surface area contributed by atoms with Gasteiger partial charge in [-0.15, -0.1) is 0 Å². The Hall–Kier alpha value is -1.99. The predicted molar refractivity (Wildman–Crippen MR) is 94.2 cm³/mol. The van der Waals surface area contributed by atoms with Crippen molar-refractivity contribution in [2.75, 3.05) is 6.61 Å². The molecule has 3 rings (SSSR count). The van der Waals surface area contributed by atoms with Crippen molar-refractivity contribution in [1.82, 2.24) is 0 Å². The molecule has 0 aromatic heterocycles. The minimum Gasteiger partial charge on any atom is -0.462 e. The summed E-state index contributed by atoms with van der Waals surface area (Å²) < 4.78 is 24.6. The molecular weight excluding hydrogens is 339 g/mol. The van der Waals surface area contributed by atoms with E-state index < -0.39 is 24.6 Å². The minimum absolute atomic E-state index is 0.131. The zero-order valence-corrected chi connectivity index (χ0v) is 14.5. The summed E-state index contributed by atoms with van der Waals surface area (Å²) in [5.41, 5.74) is 2.64. The van der Waals surface area contributed by atoms with Gasteiger partial charge in [0.2, 0.25) is 6.29 Å². The average molecular weight is 362 g/mol. The molecule has 1 aliphatic rings. The minimum atomic E-state index is -1.37. The SMILES string of the molecule is CCCc1ccc(O[C@@H]2OC[C@H](O)[C@H](O)[C@@H]2O)cc1-c1cccc(F)c1. The van der Waals surface area contributed by atoms with Crippen LogP contribution < -0.4 is 4.74 Å². The molecule has 0 aliphatic carbocycles. The molecule has 4 atom stereocenters. The standard InChI is InChI=1S/C20H23FO5/c1-2-4-12-7-8-15(10-16(12)13-5-3-6-14(21)9-13)26-20-19(24)18(23)17(22)11-25-20/h3,5-10,17-20,22-24H,2,4,11H2,1H3/t17-,18-,19-,20-/m0/s1. The molecule has 6 heteroatoms. The Morgan fingerprint density at radius 1 is 1.12 bits per heavy atom. The van der Waals surface area contributed by atoms with Crippen LogP contribution in [0, 0.1) is 5.82 Å². The van der Waals surface area contributed by atoms with Gasteiger partial charge in [0, 0.05) is 0 Å². The van der Waals surface area contributed by atoms with Crippen LogP contribution >= 0.6 is 0 Å². The van der Waals surface area contributed by atoms with Crippen molar-refractivity contribution in [1.29, 1.82) is 0 Å². The molecule has 5 nitrogen and oxygen atoms in total. The van der Waals surface area contributed by atoms with E-state index in [9.17, 15) is 19.7 Å². The van der Waals surface area contributed by atoms with E-state index in [1.165, 1.54) is 12.1 Å². The number of halogens is 1. The highest BCUT2D eigenvalue weighted by atomic mass is 19.1. The molecule has 140 valence electrons. The smallest absolute Gasteiger partial charge is 0.228 e.